The van der Waals surface area contributed by atoms with E-state index in [2.05, 4.69) is 43.6 Å². The fourth-order valence-electron chi connectivity index (χ4n) is 3.99. The molecule has 2 N–H and O–H groups in total. The molecule has 0 aromatic carbocycles. The van der Waals surface area contributed by atoms with Crippen LogP contribution in [0.15, 0.2) is 12.3 Å². The van der Waals surface area contributed by atoms with Gasteiger partial charge in [0.15, 0.2) is 0 Å². The molecule has 2 heterocycles. The molecule has 1 atom stereocenters. The Hall–Kier alpha value is -0.930. The van der Waals surface area contributed by atoms with Gasteiger partial charge in [-0.2, -0.15) is 0 Å². The predicted molar refractivity (Wildman–Crippen MR) is 82.6 cm³/mol. The van der Waals surface area contributed by atoms with Gasteiger partial charge in [0.25, 0.3) is 0 Å². The van der Waals surface area contributed by atoms with Crippen LogP contribution in [-0.2, 0) is 6.42 Å². The van der Waals surface area contributed by atoms with Crippen LogP contribution in [0.5, 0.6) is 0 Å². The van der Waals surface area contributed by atoms with Gasteiger partial charge < -0.3 is 5.73 Å². The molecule has 1 fully saturated rings. The lowest BCUT2D eigenvalue weighted by Crippen LogP contribution is -2.50. The highest BCUT2D eigenvalue weighted by Crippen LogP contribution is 2.51. The monoisotopic (exact) mass is 273 g/mol. The molecule has 1 aromatic heterocycles. The molecular formula is C17H27N3. The van der Waals surface area contributed by atoms with Gasteiger partial charge in [0.2, 0.25) is 0 Å². The summed E-state index contributed by atoms with van der Waals surface area (Å²) < 4.78 is 0. The minimum Gasteiger partial charge on any atom is -0.323 e. The van der Waals surface area contributed by atoms with Crippen LogP contribution in [0.1, 0.15) is 56.5 Å². The highest BCUT2D eigenvalue weighted by Gasteiger charge is 2.47. The van der Waals surface area contributed by atoms with Gasteiger partial charge in [-0.05, 0) is 82.7 Å². The van der Waals surface area contributed by atoms with Gasteiger partial charge in [-0.25, -0.2) is 0 Å². The highest BCUT2D eigenvalue weighted by atomic mass is 15.2. The Balaban J connectivity index is 1.81. The molecule has 3 nitrogen and oxygen atoms in total. The van der Waals surface area contributed by atoms with Crippen LogP contribution in [0.25, 0.3) is 0 Å². The molecule has 20 heavy (non-hydrogen) atoms. The van der Waals surface area contributed by atoms with Crippen LogP contribution < -0.4 is 5.73 Å². The summed E-state index contributed by atoms with van der Waals surface area (Å²) in [6.07, 6.45) is 5.57. The lowest BCUT2D eigenvalue weighted by atomic mass is 9.72. The van der Waals surface area contributed by atoms with E-state index in [9.17, 15) is 0 Å². The fourth-order valence-corrected chi connectivity index (χ4v) is 3.99. The normalized spacial score (nSPS) is 25.9. The molecule has 0 unspecified atom stereocenters. The molecular weight excluding hydrogens is 246 g/mol. The maximum atomic E-state index is 6.60. The smallest absolute Gasteiger partial charge is 0.0375 e. The largest absolute Gasteiger partial charge is 0.323 e. The molecule has 0 amide bonds. The molecule has 3 rings (SSSR count). The van der Waals surface area contributed by atoms with Crippen molar-refractivity contribution in [3.63, 3.8) is 0 Å². The molecule has 3 heteroatoms. The number of nitrogens with zero attached hydrogens (tertiary/aromatic N) is 2. The number of hydrogen-bond donors (Lipinski definition) is 1. The van der Waals surface area contributed by atoms with Crippen molar-refractivity contribution in [2.45, 2.75) is 58.5 Å². The number of aromatic nitrogens is 1. The fraction of sp³-hybridized carbons (Fsp3) is 0.706. The highest BCUT2D eigenvalue weighted by molar-refractivity contribution is 5.37. The molecule has 1 saturated heterocycles. The number of rotatable bonds is 0. The average Bonchev–Trinajstić information content (AvgIpc) is 2.61. The first-order chi connectivity index (χ1) is 9.32. The second-order valence-corrected chi connectivity index (χ2v) is 7.70. The van der Waals surface area contributed by atoms with E-state index >= 15 is 0 Å². The van der Waals surface area contributed by atoms with E-state index < -0.39 is 0 Å². The van der Waals surface area contributed by atoms with Gasteiger partial charge in [-0.1, -0.05) is 0 Å². The maximum absolute atomic E-state index is 6.60. The Labute approximate surface area is 122 Å². The molecule has 1 spiro atoms. The van der Waals surface area contributed by atoms with Gasteiger partial charge in [-0.15, -0.1) is 0 Å². The van der Waals surface area contributed by atoms with E-state index in [1.54, 1.807) is 0 Å². The third kappa shape index (κ3) is 2.17. The number of likely N-dealkylation sites (tertiary alicyclic amines) is 1. The van der Waals surface area contributed by atoms with E-state index in [0.29, 0.717) is 0 Å². The van der Waals surface area contributed by atoms with Gasteiger partial charge in [-0.3, -0.25) is 9.88 Å². The van der Waals surface area contributed by atoms with Crippen molar-refractivity contribution in [2.75, 3.05) is 13.1 Å². The minimum atomic E-state index is 0.174. The molecule has 0 bridgehead atoms. The van der Waals surface area contributed by atoms with Gasteiger partial charge in [0.05, 0.1) is 0 Å². The summed E-state index contributed by atoms with van der Waals surface area (Å²) in [6.45, 7) is 11.3. The number of piperidine rings is 1. The molecule has 0 saturated carbocycles. The second kappa shape index (κ2) is 4.54. The standard InChI is InChI=1S/C17H27N3/c1-12-9-13-10-17(15(18)14(13)11-19-12)5-7-20(8-6-17)16(2,3)4/h9,11,15H,5-8,10,18H2,1-4H3/t15-/m1/s1. The quantitative estimate of drug-likeness (QED) is 0.790. The summed E-state index contributed by atoms with van der Waals surface area (Å²) in [7, 11) is 0. The number of pyridine rings is 1. The third-order valence-electron chi connectivity index (χ3n) is 5.41. The summed E-state index contributed by atoms with van der Waals surface area (Å²) in [5.41, 5.74) is 11.0. The first kappa shape index (κ1) is 14.0. The Morgan fingerprint density at radius 3 is 2.55 bits per heavy atom. The van der Waals surface area contributed by atoms with Crippen LogP contribution in [0.3, 0.4) is 0 Å². The van der Waals surface area contributed by atoms with Gasteiger partial charge in [0, 0.05) is 23.5 Å². The maximum Gasteiger partial charge on any atom is 0.0375 e. The van der Waals surface area contributed by atoms with Gasteiger partial charge >= 0.3 is 0 Å². The summed E-state index contributed by atoms with van der Waals surface area (Å²) >= 11 is 0. The van der Waals surface area contributed by atoms with Crippen molar-refractivity contribution in [3.8, 4) is 0 Å². The van der Waals surface area contributed by atoms with E-state index in [4.69, 9.17) is 5.73 Å². The van der Waals surface area contributed by atoms with Crippen molar-refractivity contribution in [3.05, 3.63) is 29.1 Å². The Kier molecular flexibility index (Phi) is 3.18. The SMILES string of the molecule is Cc1cc2c(cn1)[C@@H](N)C1(CCN(C(C)(C)C)CC1)C2. The lowest BCUT2D eigenvalue weighted by Gasteiger charge is -2.47. The summed E-state index contributed by atoms with van der Waals surface area (Å²) in [4.78, 5) is 7.04. The first-order valence-corrected chi connectivity index (χ1v) is 7.78. The van der Waals surface area contributed by atoms with E-state index in [1.165, 1.54) is 24.0 Å². The Bertz CT molecular complexity index is 507. The zero-order valence-corrected chi connectivity index (χ0v) is 13.2. The molecule has 1 aromatic rings. The molecule has 0 radical (unpaired) electrons. The summed E-state index contributed by atoms with van der Waals surface area (Å²) in [5, 5.41) is 0. The minimum absolute atomic E-state index is 0.174. The summed E-state index contributed by atoms with van der Waals surface area (Å²) in [5.74, 6) is 0. The second-order valence-electron chi connectivity index (χ2n) is 7.70. The third-order valence-corrected chi connectivity index (χ3v) is 5.41. The number of nitrogens with two attached hydrogens (primary N) is 1. The van der Waals surface area contributed by atoms with Gasteiger partial charge in [0.1, 0.15) is 0 Å². The van der Waals surface area contributed by atoms with Crippen molar-refractivity contribution in [1.29, 1.82) is 0 Å². The van der Waals surface area contributed by atoms with Crippen LogP contribution in [-0.4, -0.2) is 28.5 Å². The number of hydrogen-bond acceptors (Lipinski definition) is 3. The molecule has 1 aliphatic heterocycles. The van der Waals surface area contributed by atoms with Crippen molar-refractivity contribution in [2.24, 2.45) is 11.1 Å². The van der Waals surface area contributed by atoms with Crippen molar-refractivity contribution >= 4 is 0 Å². The zero-order chi connectivity index (χ0) is 14.5. The van der Waals surface area contributed by atoms with E-state index in [1.807, 2.05) is 6.20 Å². The van der Waals surface area contributed by atoms with E-state index in [-0.39, 0.29) is 17.0 Å². The Morgan fingerprint density at radius 2 is 1.95 bits per heavy atom. The summed E-state index contributed by atoms with van der Waals surface area (Å²) in [6, 6.07) is 2.41. The van der Waals surface area contributed by atoms with Crippen LogP contribution in [0.2, 0.25) is 0 Å². The van der Waals surface area contributed by atoms with Crippen molar-refractivity contribution in [1.82, 2.24) is 9.88 Å². The molecule has 1 aliphatic carbocycles. The number of fused-ring (bicyclic) bond motifs is 1. The van der Waals surface area contributed by atoms with Crippen LogP contribution in [0, 0.1) is 12.3 Å². The Morgan fingerprint density at radius 1 is 1.30 bits per heavy atom. The molecule has 110 valence electrons. The topological polar surface area (TPSA) is 42.1 Å². The first-order valence-electron chi connectivity index (χ1n) is 7.78. The van der Waals surface area contributed by atoms with Crippen LogP contribution >= 0.6 is 0 Å². The molecule has 2 aliphatic rings. The zero-order valence-electron chi connectivity index (χ0n) is 13.2. The van der Waals surface area contributed by atoms with E-state index in [0.717, 1.165) is 25.2 Å². The van der Waals surface area contributed by atoms with Crippen molar-refractivity contribution < 1.29 is 0 Å². The number of aryl methyl sites for hydroxylation is 1. The van der Waals surface area contributed by atoms with Crippen LogP contribution in [0.4, 0.5) is 0 Å². The predicted octanol–water partition coefficient (Wildman–Crippen LogP) is 2.83. The lowest BCUT2D eigenvalue weighted by molar-refractivity contribution is 0.0345. The average molecular weight is 273 g/mol.